The molecule has 0 saturated heterocycles. The molecule has 94 valence electrons. The molecular weight excluding hydrogens is 222 g/mol. The first-order valence-electron chi connectivity index (χ1n) is 6.31. The van der Waals surface area contributed by atoms with Crippen LogP contribution < -0.4 is 10.1 Å². The molecule has 0 amide bonds. The zero-order valence-corrected chi connectivity index (χ0v) is 10.9. The third-order valence-electron chi connectivity index (χ3n) is 2.86. The molecule has 2 rings (SSSR count). The molecule has 2 nitrogen and oxygen atoms in total. The number of nitrogens with one attached hydrogen (secondary N) is 1. The third kappa shape index (κ3) is 2.90. The van der Waals surface area contributed by atoms with Gasteiger partial charge in [-0.1, -0.05) is 36.4 Å². The topological polar surface area (TPSA) is 21.3 Å². The Morgan fingerprint density at radius 2 is 1.72 bits per heavy atom. The number of hydrogen-bond acceptors (Lipinski definition) is 2. The van der Waals surface area contributed by atoms with Crippen LogP contribution in [0.4, 0.5) is 0 Å². The minimum absolute atomic E-state index is 0.704. The molecule has 0 heterocycles. The minimum atomic E-state index is 0.704. The maximum absolute atomic E-state index is 5.46. The first kappa shape index (κ1) is 12.7. The van der Waals surface area contributed by atoms with Gasteiger partial charge in [0.25, 0.3) is 0 Å². The van der Waals surface area contributed by atoms with E-state index in [0.29, 0.717) is 6.61 Å². The van der Waals surface area contributed by atoms with Gasteiger partial charge in [-0.05, 0) is 42.8 Å². The van der Waals surface area contributed by atoms with Crippen LogP contribution in [0.3, 0.4) is 0 Å². The van der Waals surface area contributed by atoms with Crippen LogP contribution in [0.5, 0.6) is 5.75 Å². The maximum Gasteiger partial charge on any atom is 0.119 e. The van der Waals surface area contributed by atoms with Crippen LogP contribution in [-0.2, 0) is 6.54 Å². The molecule has 2 aromatic rings. The Hall–Kier alpha value is -1.80. The lowest BCUT2D eigenvalue weighted by atomic mass is 9.99. The van der Waals surface area contributed by atoms with Crippen molar-refractivity contribution in [3.05, 3.63) is 54.1 Å². The van der Waals surface area contributed by atoms with Gasteiger partial charge in [0.2, 0.25) is 0 Å². The van der Waals surface area contributed by atoms with E-state index in [1.807, 2.05) is 26.1 Å². The molecule has 2 aromatic carbocycles. The molecule has 18 heavy (non-hydrogen) atoms. The molecule has 0 unspecified atom stereocenters. The Labute approximate surface area is 109 Å². The van der Waals surface area contributed by atoms with Gasteiger partial charge in [0, 0.05) is 6.54 Å². The minimum Gasteiger partial charge on any atom is -0.494 e. The number of ether oxygens (including phenoxy) is 1. The Bertz CT molecular complexity index is 491. The normalized spacial score (nSPS) is 10.3. The molecule has 0 atom stereocenters. The average Bonchev–Trinajstić information content (AvgIpc) is 2.41. The van der Waals surface area contributed by atoms with Crippen molar-refractivity contribution in [1.29, 1.82) is 0 Å². The van der Waals surface area contributed by atoms with Crippen molar-refractivity contribution in [2.45, 2.75) is 13.5 Å². The Kier molecular flexibility index (Phi) is 4.37. The SMILES string of the molecule is CCOc1ccc(-c2ccccc2CNC)cc1. The van der Waals surface area contributed by atoms with Crippen molar-refractivity contribution in [1.82, 2.24) is 5.32 Å². The van der Waals surface area contributed by atoms with Gasteiger partial charge in [0.05, 0.1) is 6.61 Å². The van der Waals surface area contributed by atoms with Gasteiger partial charge in [-0.15, -0.1) is 0 Å². The molecule has 0 aliphatic carbocycles. The molecule has 0 spiro atoms. The first-order valence-corrected chi connectivity index (χ1v) is 6.31. The highest BCUT2D eigenvalue weighted by molar-refractivity contribution is 5.67. The van der Waals surface area contributed by atoms with E-state index in [4.69, 9.17) is 4.74 Å². The highest BCUT2D eigenvalue weighted by atomic mass is 16.5. The predicted octanol–water partition coefficient (Wildman–Crippen LogP) is 3.47. The molecular formula is C16H19NO. The van der Waals surface area contributed by atoms with Crippen molar-refractivity contribution in [2.24, 2.45) is 0 Å². The second kappa shape index (κ2) is 6.22. The summed E-state index contributed by atoms with van der Waals surface area (Å²) in [4.78, 5) is 0. The fourth-order valence-corrected chi connectivity index (χ4v) is 2.04. The van der Waals surface area contributed by atoms with Crippen LogP contribution in [0.25, 0.3) is 11.1 Å². The van der Waals surface area contributed by atoms with Gasteiger partial charge in [-0.3, -0.25) is 0 Å². The van der Waals surface area contributed by atoms with Gasteiger partial charge in [-0.25, -0.2) is 0 Å². The van der Waals surface area contributed by atoms with E-state index in [1.165, 1.54) is 16.7 Å². The average molecular weight is 241 g/mol. The van der Waals surface area contributed by atoms with E-state index in [0.717, 1.165) is 12.3 Å². The van der Waals surface area contributed by atoms with E-state index in [-0.39, 0.29) is 0 Å². The van der Waals surface area contributed by atoms with Gasteiger partial charge < -0.3 is 10.1 Å². The molecule has 2 heteroatoms. The highest BCUT2D eigenvalue weighted by Crippen LogP contribution is 2.25. The van der Waals surface area contributed by atoms with Crippen molar-refractivity contribution >= 4 is 0 Å². The third-order valence-corrected chi connectivity index (χ3v) is 2.86. The number of hydrogen-bond donors (Lipinski definition) is 1. The summed E-state index contributed by atoms with van der Waals surface area (Å²) in [6.45, 7) is 3.58. The van der Waals surface area contributed by atoms with E-state index < -0.39 is 0 Å². The standard InChI is InChI=1S/C16H19NO/c1-3-18-15-10-8-13(9-11-15)16-7-5-4-6-14(16)12-17-2/h4-11,17H,3,12H2,1-2H3. The molecule has 1 N–H and O–H groups in total. The lowest BCUT2D eigenvalue weighted by molar-refractivity contribution is 0.340. The Balaban J connectivity index is 2.30. The van der Waals surface area contributed by atoms with Crippen molar-refractivity contribution in [3.8, 4) is 16.9 Å². The fourth-order valence-electron chi connectivity index (χ4n) is 2.04. The molecule has 0 radical (unpaired) electrons. The van der Waals surface area contributed by atoms with E-state index in [2.05, 4.69) is 41.7 Å². The maximum atomic E-state index is 5.46. The Morgan fingerprint density at radius 3 is 2.39 bits per heavy atom. The van der Waals surface area contributed by atoms with Crippen molar-refractivity contribution in [2.75, 3.05) is 13.7 Å². The van der Waals surface area contributed by atoms with Crippen LogP contribution in [0.1, 0.15) is 12.5 Å². The van der Waals surface area contributed by atoms with Crippen LogP contribution in [0.15, 0.2) is 48.5 Å². The zero-order chi connectivity index (χ0) is 12.8. The molecule has 0 bridgehead atoms. The summed E-state index contributed by atoms with van der Waals surface area (Å²) in [6.07, 6.45) is 0. The summed E-state index contributed by atoms with van der Waals surface area (Å²) >= 11 is 0. The van der Waals surface area contributed by atoms with E-state index >= 15 is 0 Å². The van der Waals surface area contributed by atoms with Gasteiger partial charge in [-0.2, -0.15) is 0 Å². The second-order valence-corrected chi connectivity index (χ2v) is 4.14. The largest absolute Gasteiger partial charge is 0.494 e. The van der Waals surface area contributed by atoms with Crippen molar-refractivity contribution in [3.63, 3.8) is 0 Å². The van der Waals surface area contributed by atoms with Crippen molar-refractivity contribution < 1.29 is 4.74 Å². The molecule has 0 aliphatic heterocycles. The van der Waals surface area contributed by atoms with Crippen LogP contribution in [0.2, 0.25) is 0 Å². The summed E-state index contributed by atoms with van der Waals surface area (Å²) < 4.78 is 5.46. The summed E-state index contributed by atoms with van der Waals surface area (Å²) in [5, 5.41) is 3.20. The Morgan fingerprint density at radius 1 is 1.00 bits per heavy atom. The number of rotatable bonds is 5. The van der Waals surface area contributed by atoms with Crippen LogP contribution >= 0.6 is 0 Å². The lowest BCUT2D eigenvalue weighted by Crippen LogP contribution is -2.06. The van der Waals surface area contributed by atoms with Gasteiger partial charge in [0.15, 0.2) is 0 Å². The van der Waals surface area contributed by atoms with E-state index in [1.54, 1.807) is 0 Å². The molecule has 0 aliphatic rings. The van der Waals surface area contributed by atoms with Gasteiger partial charge in [0.1, 0.15) is 5.75 Å². The number of benzene rings is 2. The monoisotopic (exact) mass is 241 g/mol. The van der Waals surface area contributed by atoms with Crippen LogP contribution in [-0.4, -0.2) is 13.7 Å². The second-order valence-electron chi connectivity index (χ2n) is 4.14. The van der Waals surface area contributed by atoms with Gasteiger partial charge >= 0.3 is 0 Å². The molecule has 0 saturated carbocycles. The van der Waals surface area contributed by atoms with E-state index in [9.17, 15) is 0 Å². The summed E-state index contributed by atoms with van der Waals surface area (Å²) in [7, 11) is 1.97. The highest BCUT2D eigenvalue weighted by Gasteiger charge is 2.03. The fraction of sp³-hybridized carbons (Fsp3) is 0.250. The predicted molar refractivity (Wildman–Crippen MR) is 75.8 cm³/mol. The zero-order valence-electron chi connectivity index (χ0n) is 10.9. The summed E-state index contributed by atoms with van der Waals surface area (Å²) in [5.74, 6) is 0.923. The van der Waals surface area contributed by atoms with Crippen LogP contribution in [0, 0.1) is 0 Å². The molecule has 0 fully saturated rings. The molecule has 0 aromatic heterocycles. The lowest BCUT2D eigenvalue weighted by Gasteiger charge is -2.10. The first-order chi connectivity index (χ1) is 8.85. The quantitative estimate of drug-likeness (QED) is 0.865. The summed E-state index contributed by atoms with van der Waals surface area (Å²) in [5.41, 5.74) is 3.81. The smallest absolute Gasteiger partial charge is 0.119 e. The summed E-state index contributed by atoms with van der Waals surface area (Å²) in [6, 6.07) is 16.7.